The molecule has 1 aromatic heterocycles. The summed E-state index contributed by atoms with van der Waals surface area (Å²) in [4.78, 5) is 39.0. The van der Waals surface area contributed by atoms with Crippen LogP contribution in [-0.4, -0.2) is 53.0 Å². The molecule has 0 spiro atoms. The number of nitrogens with one attached hydrogen (secondary N) is 2. The Morgan fingerprint density at radius 3 is 2.61 bits per heavy atom. The number of rotatable bonds is 10. The van der Waals surface area contributed by atoms with E-state index in [9.17, 15) is 14.4 Å². The van der Waals surface area contributed by atoms with Crippen molar-refractivity contribution in [3.05, 3.63) is 32.6 Å². The molecule has 0 aromatic carbocycles. The maximum absolute atomic E-state index is 12.7. The van der Waals surface area contributed by atoms with E-state index in [1.54, 1.807) is 6.92 Å². The average Bonchev–Trinajstić information content (AvgIpc) is 3.10. The Morgan fingerprint density at radius 1 is 1.18 bits per heavy atom. The van der Waals surface area contributed by atoms with E-state index in [0.717, 1.165) is 25.7 Å². The molecule has 9 nitrogen and oxygen atoms in total. The number of carbonyl (C=O) groups excluding carboxylic acids is 1. The van der Waals surface area contributed by atoms with Crippen molar-refractivity contribution in [1.82, 2.24) is 14.9 Å². The van der Waals surface area contributed by atoms with Crippen molar-refractivity contribution in [2.24, 2.45) is 0 Å². The zero-order valence-corrected chi connectivity index (χ0v) is 16.7. The van der Waals surface area contributed by atoms with Crippen LogP contribution in [0.2, 0.25) is 0 Å². The van der Waals surface area contributed by atoms with Crippen LogP contribution in [0, 0.1) is 6.92 Å². The summed E-state index contributed by atoms with van der Waals surface area (Å²) in [6, 6.07) is -0.540. The lowest BCUT2D eigenvalue weighted by Crippen LogP contribution is -2.53. The Kier molecular flexibility index (Phi) is 6.36. The number of amides is 1. The second-order valence-electron chi connectivity index (χ2n) is 7.43. The number of hydrogen-bond acceptors (Lipinski definition) is 6. The molecular formula is C19H29N3O6. The first-order chi connectivity index (χ1) is 13.4. The highest BCUT2D eigenvalue weighted by atomic mass is 16.6. The summed E-state index contributed by atoms with van der Waals surface area (Å²) in [5, 5.41) is 2.90. The third-order valence-electron chi connectivity index (χ3n) is 5.28. The van der Waals surface area contributed by atoms with Crippen LogP contribution in [0.1, 0.15) is 51.3 Å². The van der Waals surface area contributed by atoms with E-state index in [0.29, 0.717) is 18.8 Å². The molecule has 9 heteroatoms. The molecule has 2 aliphatic rings. The number of morpholine rings is 1. The molecular weight excluding hydrogens is 366 g/mol. The van der Waals surface area contributed by atoms with Gasteiger partial charge in [-0.2, -0.15) is 0 Å². The summed E-state index contributed by atoms with van der Waals surface area (Å²) in [6.07, 6.45) is 3.78. The average molecular weight is 395 g/mol. The number of carbonyl (C=O) groups is 1. The van der Waals surface area contributed by atoms with E-state index < -0.39 is 35.2 Å². The van der Waals surface area contributed by atoms with E-state index in [-0.39, 0.29) is 12.5 Å². The molecule has 2 bridgehead atoms. The molecule has 3 heterocycles. The summed E-state index contributed by atoms with van der Waals surface area (Å²) in [5.74, 6) is -0.291. The number of fused-ring (bicyclic) bond motifs is 2. The van der Waals surface area contributed by atoms with Crippen LogP contribution in [0.3, 0.4) is 0 Å². The molecule has 0 aliphatic carbocycles. The van der Waals surface area contributed by atoms with Crippen molar-refractivity contribution in [3.8, 4) is 0 Å². The van der Waals surface area contributed by atoms with Crippen LogP contribution in [0.15, 0.2) is 15.8 Å². The van der Waals surface area contributed by atoms with Gasteiger partial charge >= 0.3 is 5.69 Å². The van der Waals surface area contributed by atoms with E-state index in [1.807, 2.05) is 0 Å². The zero-order valence-electron chi connectivity index (χ0n) is 16.7. The number of aromatic nitrogens is 2. The molecule has 1 amide bonds. The van der Waals surface area contributed by atoms with Gasteiger partial charge in [-0.05, 0) is 19.8 Å². The number of nitrogens with zero attached hydrogens (tertiary/aromatic N) is 1. The van der Waals surface area contributed by atoms with Crippen LogP contribution >= 0.6 is 0 Å². The fraction of sp³-hybridized carbons (Fsp3) is 0.737. The first-order valence-electron chi connectivity index (χ1n) is 9.94. The Balaban J connectivity index is 1.90. The van der Waals surface area contributed by atoms with E-state index in [4.69, 9.17) is 14.2 Å². The van der Waals surface area contributed by atoms with Crippen LogP contribution in [0.4, 0.5) is 0 Å². The van der Waals surface area contributed by atoms with Gasteiger partial charge < -0.3 is 19.5 Å². The molecule has 4 atom stereocenters. The van der Waals surface area contributed by atoms with Gasteiger partial charge in [0.15, 0.2) is 11.8 Å². The topological polar surface area (TPSA) is 112 Å². The van der Waals surface area contributed by atoms with Crippen molar-refractivity contribution in [2.45, 2.75) is 70.4 Å². The second kappa shape index (κ2) is 8.59. The second-order valence-corrected chi connectivity index (χ2v) is 7.43. The highest BCUT2D eigenvalue weighted by molar-refractivity contribution is 5.90. The summed E-state index contributed by atoms with van der Waals surface area (Å²) in [6.45, 7) is 6.78. The zero-order chi connectivity index (χ0) is 20.3. The maximum Gasteiger partial charge on any atom is 0.330 e. The summed E-state index contributed by atoms with van der Waals surface area (Å²) >= 11 is 0. The number of aromatic amines is 1. The van der Waals surface area contributed by atoms with E-state index >= 15 is 0 Å². The molecule has 3 rings (SSSR count). The van der Waals surface area contributed by atoms with Gasteiger partial charge in [0.2, 0.25) is 0 Å². The van der Waals surface area contributed by atoms with Gasteiger partial charge in [0.25, 0.3) is 11.5 Å². The molecule has 2 fully saturated rings. The van der Waals surface area contributed by atoms with Crippen molar-refractivity contribution in [1.29, 1.82) is 0 Å². The Labute approximate surface area is 163 Å². The molecule has 0 saturated carbocycles. The smallest absolute Gasteiger partial charge is 0.330 e. The fourth-order valence-electron chi connectivity index (χ4n) is 3.65. The van der Waals surface area contributed by atoms with Gasteiger partial charge in [-0.3, -0.25) is 19.1 Å². The Hall–Kier alpha value is -1.97. The molecule has 156 valence electrons. The Morgan fingerprint density at radius 2 is 1.89 bits per heavy atom. The molecule has 2 N–H and O–H groups in total. The lowest BCUT2D eigenvalue weighted by atomic mass is 9.99. The molecule has 28 heavy (non-hydrogen) atoms. The summed E-state index contributed by atoms with van der Waals surface area (Å²) in [7, 11) is 0. The van der Waals surface area contributed by atoms with Gasteiger partial charge in [0.05, 0.1) is 6.61 Å². The molecule has 1 aromatic rings. The third-order valence-corrected chi connectivity index (χ3v) is 5.28. The van der Waals surface area contributed by atoms with Crippen LogP contribution in [0.5, 0.6) is 0 Å². The van der Waals surface area contributed by atoms with Crippen LogP contribution in [0.25, 0.3) is 0 Å². The number of H-pyrrole nitrogens is 1. The van der Waals surface area contributed by atoms with Crippen LogP contribution < -0.4 is 16.6 Å². The first kappa shape index (κ1) is 20.8. The molecule has 2 unspecified atom stereocenters. The molecule has 0 radical (unpaired) electrons. The monoisotopic (exact) mass is 395 g/mol. The van der Waals surface area contributed by atoms with Crippen molar-refractivity contribution >= 4 is 5.91 Å². The van der Waals surface area contributed by atoms with Crippen molar-refractivity contribution < 1.29 is 19.0 Å². The fourth-order valence-corrected chi connectivity index (χ4v) is 3.65. The van der Waals surface area contributed by atoms with Gasteiger partial charge in [-0.25, -0.2) is 4.79 Å². The van der Waals surface area contributed by atoms with E-state index in [2.05, 4.69) is 24.1 Å². The predicted molar refractivity (Wildman–Crippen MR) is 101 cm³/mol. The SMILES string of the molecule is CCCCOC[C@]12OC(n3cc(C)c(=O)[nH]c3=O)[C@@H](NC1=O)C2OCCCC. The summed E-state index contributed by atoms with van der Waals surface area (Å²) in [5.41, 5.74) is -1.95. The highest BCUT2D eigenvalue weighted by Crippen LogP contribution is 2.44. The standard InChI is InChI=1S/C19H29N3O6/c1-4-6-8-26-11-19-14(27-9-7-5-2)13(20-17(19)24)16(28-19)22-10-12(3)15(23)21-18(22)25/h10,13-14,16H,4-9,11H2,1-3H3,(H,20,24)(H,21,23,25)/t13-,14?,16?,19+/m0/s1. The van der Waals surface area contributed by atoms with Gasteiger partial charge in [0.1, 0.15) is 12.1 Å². The summed E-state index contributed by atoms with van der Waals surface area (Å²) < 4.78 is 19.2. The van der Waals surface area contributed by atoms with Gasteiger partial charge in [-0.1, -0.05) is 26.7 Å². The number of aryl methyl sites for hydroxylation is 1. The molecule has 2 aliphatic heterocycles. The van der Waals surface area contributed by atoms with Gasteiger partial charge in [0, 0.05) is 25.0 Å². The number of hydrogen-bond donors (Lipinski definition) is 2. The lowest BCUT2D eigenvalue weighted by molar-refractivity contribution is -0.177. The van der Waals surface area contributed by atoms with Crippen molar-refractivity contribution in [3.63, 3.8) is 0 Å². The maximum atomic E-state index is 12.7. The minimum absolute atomic E-state index is 0.0553. The Bertz CT molecular complexity index is 819. The minimum atomic E-state index is -1.31. The van der Waals surface area contributed by atoms with Crippen LogP contribution in [-0.2, 0) is 19.0 Å². The molecule has 2 saturated heterocycles. The largest absolute Gasteiger partial charge is 0.378 e. The third kappa shape index (κ3) is 3.66. The first-order valence-corrected chi connectivity index (χ1v) is 9.94. The lowest BCUT2D eigenvalue weighted by Gasteiger charge is -2.30. The quantitative estimate of drug-likeness (QED) is 0.562. The number of ether oxygens (including phenoxy) is 3. The van der Waals surface area contributed by atoms with E-state index in [1.165, 1.54) is 10.8 Å². The predicted octanol–water partition coefficient (Wildman–Crippen LogP) is 0.613. The normalized spacial score (nSPS) is 28.7. The van der Waals surface area contributed by atoms with Gasteiger partial charge in [-0.15, -0.1) is 0 Å². The van der Waals surface area contributed by atoms with Crippen molar-refractivity contribution in [2.75, 3.05) is 19.8 Å². The highest BCUT2D eigenvalue weighted by Gasteiger charge is 2.67. The number of unbranched alkanes of at least 4 members (excludes halogenated alkanes) is 2. The minimum Gasteiger partial charge on any atom is -0.378 e.